The highest BCUT2D eigenvalue weighted by molar-refractivity contribution is 5.84. The first-order valence-electron chi connectivity index (χ1n) is 9.77. The molecule has 5 rings (SSSR count). The fraction of sp³-hybridized carbons (Fsp3) is 0.318. The van der Waals surface area contributed by atoms with Gasteiger partial charge in [0.1, 0.15) is 5.65 Å². The number of aryl methyl sites for hydroxylation is 2. The molecule has 0 atom stereocenters. The maximum atomic E-state index is 12.9. The summed E-state index contributed by atoms with van der Waals surface area (Å²) in [5.41, 5.74) is 5.66. The predicted octanol–water partition coefficient (Wildman–Crippen LogP) is 3.02. The van der Waals surface area contributed by atoms with Crippen LogP contribution in [-0.4, -0.2) is 32.3 Å². The van der Waals surface area contributed by atoms with Gasteiger partial charge in [-0.15, -0.1) is 0 Å². The fourth-order valence-electron chi connectivity index (χ4n) is 4.24. The average Bonchev–Trinajstić information content (AvgIpc) is 3.09. The largest absolute Gasteiger partial charge is 0.317 e. The van der Waals surface area contributed by atoms with E-state index in [1.165, 1.54) is 5.56 Å². The first kappa shape index (κ1) is 17.1. The van der Waals surface area contributed by atoms with Gasteiger partial charge in [-0.25, -0.2) is 4.98 Å². The number of hydrogen-bond donors (Lipinski definition) is 1. The molecule has 0 amide bonds. The second kappa shape index (κ2) is 6.56. The zero-order chi connectivity index (χ0) is 19.3. The lowest BCUT2D eigenvalue weighted by Gasteiger charge is -2.23. The molecule has 1 N–H and O–H groups in total. The number of nitrogens with one attached hydrogen (secondary N) is 1. The molecule has 0 radical (unpaired) electrons. The molecule has 4 aromatic rings. The Morgan fingerprint density at radius 2 is 1.96 bits per heavy atom. The van der Waals surface area contributed by atoms with Crippen LogP contribution in [0.2, 0.25) is 0 Å². The normalized spacial score (nSPS) is 15.5. The molecule has 4 heterocycles. The van der Waals surface area contributed by atoms with Gasteiger partial charge in [-0.3, -0.25) is 13.9 Å². The fourth-order valence-corrected chi connectivity index (χ4v) is 4.24. The molecular weight excluding hydrogens is 350 g/mol. The van der Waals surface area contributed by atoms with Crippen LogP contribution in [0.1, 0.15) is 29.9 Å². The third-order valence-electron chi connectivity index (χ3n) is 5.82. The minimum absolute atomic E-state index is 0.0369. The standard InChI is InChI=1S/C22H23N5O/c1-14-9-18(15-5-7-23-8-6-15)13-27-21(28)11-19(25-22(14)27)16-3-4-20-17(10-16)12-24-26(20)2/h3-4,9-13,15,23H,5-8H2,1-2H3. The molecule has 1 saturated heterocycles. The van der Waals surface area contributed by atoms with Crippen molar-refractivity contribution in [3.63, 3.8) is 0 Å². The highest BCUT2D eigenvalue weighted by Crippen LogP contribution is 2.27. The van der Waals surface area contributed by atoms with Crippen LogP contribution in [0.25, 0.3) is 27.8 Å². The molecule has 1 fully saturated rings. The Labute approximate surface area is 162 Å². The predicted molar refractivity (Wildman–Crippen MR) is 111 cm³/mol. The summed E-state index contributed by atoms with van der Waals surface area (Å²) < 4.78 is 3.55. The minimum Gasteiger partial charge on any atom is -0.317 e. The van der Waals surface area contributed by atoms with Crippen molar-refractivity contribution in [3.8, 4) is 11.3 Å². The summed E-state index contributed by atoms with van der Waals surface area (Å²) in [7, 11) is 1.92. The summed E-state index contributed by atoms with van der Waals surface area (Å²) in [4.78, 5) is 17.8. The van der Waals surface area contributed by atoms with Crippen LogP contribution < -0.4 is 10.9 Å². The Morgan fingerprint density at radius 1 is 1.14 bits per heavy atom. The lowest BCUT2D eigenvalue weighted by molar-refractivity contribution is 0.459. The lowest BCUT2D eigenvalue weighted by Crippen LogP contribution is -2.27. The van der Waals surface area contributed by atoms with Gasteiger partial charge in [0.15, 0.2) is 0 Å². The van der Waals surface area contributed by atoms with Gasteiger partial charge in [0.2, 0.25) is 0 Å². The Morgan fingerprint density at radius 3 is 2.79 bits per heavy atom. The van der Waals surface area contributed by atoms with Crippen LogP contribution in [0.3, 0.4) is 0 Å². The quantitative estimate of drug-likeness (QED) is 0.587. The van der Waals surface area contributed by atoms with Crippen LogP contribution in [0.5, 0.6) is 0 Å². The molecule has 6 heteroatoms. The van der Waals surface area contributed by atoms with Crippen LogP contribution in [0.4, 0.5) is 0 Å². The maximum Gasteiger partial charge on any atom is 0.258 e. The lowest BCUT2D eigenvalue weighted by atomic mass is 9.90. The van der Waals surface area contributed by atoms with Crippen LogP contribution in [-0.2, 0) is 7.05 Å². The molecule has 0 saturated carbocycles. The number of pyridine rings is 1. The van der Waals surface area contributed by atoms with Crippen molar-refractivity contribution in [3.05, 3.63) is 64.2 Å². The maximum absolute atomic E-state index is 12.9. The molecule has 0 unspecified atom stereocenters. The van der Waals surface area contributed by atoms with Crippen LogP contribution in [0.15, 0.2) is 47.5 Å². The SMILES string of the molecule is Cc1cc(C2CCNCC2)cn2c(=O)cc(-c3ccc4c(cnn4C)c3)nc12. The molecule has 0 aliphatic carbocycles. The van der Waals surface area contributed by atoms with E-state index in [0.29, 0.717) is 11.6 Å². The van der Waals surface area contributed by atoms with Crippen LogP contribution >= 0.6 is 0 Å². The second-order valence-electron chi connectivity index (χ2n) is 7.70. The Kier molecular flexibility index (Phi) is 4.02. The van der Waals surface area contributed by atoms with E-state index in [9.17, 15) is 4.79 Å². The zero-order valence-electron chi connectivity index (χ0n) is 16.1. The third kappa shape index (κ3) is 2.81. The van der Waals surface area contributed by atoms with E-state index in [0.717, 1.165) is 53.6 Å². The Balaban J connectivity index is 1.63. The van der Waals surface area contributed by atoms with E-state index >= 15 is 0 Å². The summed E-state index contributed by atoms with van der Waals surface area (Å²) in [6.45, 7) is 4.11. The topological polar surface area (TPSA) is 64.2 Å². The number of rotatable bonds is 2. The molecule has 1 aliphatic rings. The average molecular weight is 373 g/mol. The molecule has 3 aromatic heterocycles. The highest BCUT2D eigenvalue weighted by atomic mass is 16.1. The zero-order valence-corrected chi connectivity index (χ0v) is 16.1. The number of nitrogens with zero attached hydrogens (tertiary/aromatic N) is 4. The van der Waals surface area contributed by atoms with Gasteiger partial charge in [0, 0.05) is 30.3 Å². The monoisotopic (exact) mass is 373 g/mol. The van der Waals surface area contributed by atoms with Crippen molar-refractivity contribution in [2.45, 2.75) is 25.7 Å². The smallest absolute Gasteiger partial charge is 0.258 e. The van der Waals surface area contributed by atoms with Gasteiger partial charge in [0.25, 0.3) is 5.56 Å². The van der Waals surface area contributed by atoms with Crippen molar-refractivity contribution in [1.29, 1.82) is 0 Å². The van der Waals surface area contributed by atoms with E-state index in [2.05, 4.69) is 16.5 Å². The van der Waals surface area contributed by atoms with E-state index in [1.54, 1.807) is 10.5 Å². The first-order valence-corrected chi connectivity index (χ1v) is 9.77. The number of benzene rings is 1. The molecular formula is C22H23N5O. The van der Waals surface area contributed by atoms with Crippen LogP contribution in [0, 0.1) is 6.92 Å². The number of piperidine rings is 1. The van der Waals surface area contributed by atoms with E-state index in [-0.39, 0.29) is 5.56 Å². The second-order valence-corrected chi connectivity index (χ2v) is 7.70. The van der Waals surface area contributed by atoms with Crippen molar-refractivity contribution in [1.82, 2.24) is 24.5 Å². The molecule has 1 aromatic carbocycles. The van der Waals surface area contributed by atoms with E-state index in [4.69, 9.17) is 4.98 Å². The molecule has 6 nitrogen and oxygen atoms in total. The minimum atomic E-state index is -0.0369. The summed E-state index contributed by atoms with van der Waals surface area (Å²) in [5.74, 6) is 0.504. The highest BCUT2D eigenvalue weighted by Gasteiger charge is 2.17. The van der Waals surface area contributed by atoms with Gasteiger partial charge in [-0.2, -0.15) is 5.10 Å². The van der Waals surface area contributed by atoms with Gasteiger partial charge < -0.3 is 5.32 Å². The third-order valence-corrected chi connectivity index (χ3v) is 5.82. The van der Waals surface area contributed by atoms with E-state index < -0.39 is 0 Å². The van der Waals surface area contributed by atoms with Gasteiger partial charge in [-0.1, -0.05) is 12.1 Å². The van der Waals surface area contributed by atoms with Gasteiger partial charge in [-0.05, 0) is 62.0 Å². The number of hydrogen-bond acceptors (Lipinski definition) is 4. The van der Waals surface area contributed by atoms with Gasteiger partial charge in [0.05, 0.1) is 17.4 Å². The Bertz CT molecular complexity index is 1250. The van der Waals surface area contributed by atoms with Crippen molar-refractivity contribution < 1.29 is 0 Å². The summed E-state index contributed by atoms with van der Waals surface area (Å²) in [6.07, 6.45) is 6.04. The van der Waals surface area contributed by atoms with Crippen molar-refractivity contribution in [2.24, 2.45) is 7.05 Å². The van der Waals surface area contributed by atoms with Crippen molar-refractivity contribution >= 4 is 16.6 Å². The van der Waals surface area contributed by atoms with E-state index in [1.807, 2.05) is 49.2 Å². The van der Waals surface area contributed by atoms with Gasteiger partial charge >= 0.3 is 0 Å². The molecule has 28 heavy (non-hydrogen) atoms. The Hall–Kier alpha value is -2.99. The summed E-state index contributed by atoms with van der Waals surface area (Å²) in [5, 5.41) is 8.73. The molecule has 0 bridgehead atoms. The number of fused-ring (bicyclic) bond motifs is 2. The summed E-state index contributed by atoms with van der Waals surface area (Å²) in [6, 6.07) is 9.90. The first-order chi connectivity index (χ1) is 13.6. The number of aromatic nitrogens is 4. The van der Waals surface area contributed by atoms with Crippen molar-refractivity contribution in [2.75, 3.05) is 13.1 Å². The molecule has 142 valence electrons. The summed E-state index contributed by atoms with van der Waals surface area (Å²) >= 11 is 0. The molecule has 1 aliphatic heterocycles. The molecule has 0 spiro atoms.